The summed E-state index contributed by atoms with van der Waals surface area (Å²) in [6.45, 7) is 4.81. The van der Waals surface area contributed by atoms with E-state index in [1.54, 1.807) is 12.3 Å². The summed E-state index contributed by atoms with van der Waals surface area (Å²) in [5.41, 5.74) is 0. The third-order valence-corrected chi connectivity index (χ3v) is 2.89. The number of pyridine rings is 1. The molecule has 4 heteroatoms. The zero-order chi connectivity index (χ0) is 12.0. The van der Waals surface area contributed by atoms with Crippen LogP contribution in [-0.4, -0.2) is 23.5 Å². The van der Waals surface area contributed by atoms with Crippen LogP contribution in [0.4, 0.5) is 10.2 Å². The van der Waals surface area contributed by atoms with Gasteiger partial charge in [-0.1, -0.05) is 13.8 Å². The van der Waals surface area contributed by atoms with Gasteiger partial charge >= 0.3 is 0 Å². The first-order chi connectivity index (χ1) is 7.74. The molecule has 1 aromatic heterocycles. The van der Waals surface area contributed by atoms with Gasteiger partial charge in [0.05, 0.1) is 0 Å². The van der Waals surface area contributed by atoms with Gasteiger partial charge < -0.3 is 4.90 Å². The van der Waals surface area contributed by atoms with Crippen LogP contribution in [-0.2, 0) is 0 Å². The van der Waals surface area contributed by atoms with Gasteiger partial charge in [-0.15, -0.1) is 11.6 Å². The Kier molecular flexibility index (Phi) is 5.53. The maximum absolute atomic E-state index is 13.6. The monoisotopic (exact) mass is 244 g/mol. The minimum absolute atomic E-state index is 0.278. The van der Waals surface area contributed by atoms with Gasteiger partial charge in [-0.25, -0.2) is 9.37 Å². The fourth-order valence-corrected chi connectivity index (χ4v) is 2.05. The Hall–Kier alpha value is -0.830. The fraction of sp³-hybridized carbons (Fsp3) is 0.583. The van der Waals surface area contributed by atoms with Gasteiger partial charge in [-0.05, 0) is 25.0 Å². The van der Waals surface area contributed by atoms with Crippen molar-refractivity contribution in [2.24, 2.45) is 0 Å². The van der Waals surface area contributed by atoms with Gasteiger partial charge in [-0.3, -0.25) is 0 Å². The number of alkyl halides is 1. The predicted octanol–water partition coefficient (Wildman–Crippen LogP) is 3.45. The molecule has 0 aliphatic heterocycles. The molecule has 0 N–H and O–H groups in total. The molecule has 0 aliphatic rings. The Morgan fingerprint density at radius 2 is 2.12 bits per heavy atom. The molecule has 0 saturated carbocycles. The molecule has 0 fully saturated rings. The second kappa shape index (κ2) is 6.69. The van der Waals surface area contributed by atoms with Crippen LogP contribution in [0.15, 0.2) is 18.3 Å². The van der Waals surface area contributed by atoms with Crippen LogP contribution in [0.3, 0.4) is 0 Å². The lowest BCUT2D eigenvalue weighted by Crippen LogP contribution is -2.37. The molecule has 0 aliphatic carbocycles. The third kappa shape index (κ3) is 3.08. The second-order valence-electron chi connectivity index (χ2n) is 3.66. The molecule has 1 heterocycles. The molecule has 1 rings (SSSR count). The molecule has 0 saturated heterocycles. The van der Waals surface area contributed by atoms with Gasteiger partial charge in [-0.2, -0.15) is 0 Å². The van der Waals surface area contributed by atoms with Crippen molar-refractivity contribution < 1.29 is 4.39 Å². The summed E-state index contributed by atoms with van der Waals surface area (Å²) in [4.78, 5) is 6.07. The molecule has 16 heavy (non-hydrogen) atoms. The van der Waals surface area contributed by atoms with Crippen LogP contribution >= 0.6 is 11.6 Å². The maximum atomic E-state index is 13.6. The van der Waals surface area contributed by atoms with Crippen molar-refractivity contribution in [1.82, 2.24) is 4.98 Å². The molecule has 0 unspecified atom stereocenters. The van der Waals surface area contributed by atoms with Crippen molar-refractivity contribution in [3.05, 3.63) is 24.1 Å². The molecule has 0 spiro atoms. The molecule has 0 atom stereocenters. The average molecular weight is 245 g/mol. The lowest BCUT2D eigenvalue weighted by atomic mass is 10.1. The summed E-state index contributed by atoms with van der Waals surface area (Å²) in [5, 5.41) is 0. The quantitative estimate of drug-likeness (QED) is 0.713. The zero-order valence-electron chi connectivity index (χ0n) is 9.79. The SMILES string of the molecule is CCC(CC)N(CCCl)c1ncccc1F. The molecule has 0 aromatic carbocycles. The Morgan fingerprint density at radius 1 is 1.44 bits per heavy atom. The number of halogens is 2. The minimum atomic E-state index is -0.278. The van der Waals surface area contributed by atoms with Crippen LogP contribution in [0.1, 0.15) is 26.7 Å². The Morgan fingerprint density at radius 3 is 2.62 bits per heavy atom. The van der Waals surface area contributed by atoms with Gasteiger partial charge in [0.1, 0.15) is 0 Å². The van der Waals surface area contributed by atoms with Crippen LogP contribution in [0.2, 0.25) is 0 Å². The second-order valence-corrected chi connectivity index (χ2v) is 4.04. The highest BCUT2D eigenvalue weighted by Crippen LogP contribution is 2.20. The third-order valence-electron chi connectivity index (χ3n) is 2.72. The molecule has 1 aromatic rings. The normalized spacial score (nSPS) is 10.8. The van der Waals surface area contributed by atoms with Gasteiger partial charge in [0, 0.05) is 24.7 Å². The van der Waals surface area contributed by atoms with Crippen molar-refractivity contribution in [2.45, 2.75) is 32.7 Å². The van der Waals surface area contributed by atoms with Crippen LogP contribution in [0.5, 0.6) is 0 Å². The van der Waals surface area contributed by atoms with Gasteiger partial charge in [0.2, 0.25) is 0 Å². The Labute approximate surface area is 101 Å². The Bertz CT molecular complexity index is 316. The number of hydrogen-bond donors (Lipinski definition) is 0. The molecular weight excluding hydrogens is 227 g/mol. The van der Waals surface area contributed by atoms with Crippen LogP contribution < -0.4 is 4.90 Å². The van der Waals surface area contributed by atoms with Crippen LogP contribution in [0.25, 0.3) is 0 Å². The molecular formula is C12H18ClFN2. The van der Waals surface area contributed by atoms with E-state index in [0.717, 1.165) is 12.8 Å². The first-order valence-corrected chi connectivity index (χ1v) is 6.21. The summed E-state index contributed by atoms with van der Waals surface area (Å²) in [6, 6.07) is 3.33. The lowest BCUT2D eigenvalue weighted by Gasteiger charge is -2.31. The first-order valence-electron chi connectivity index (χ1n) is 5.67. The predicted molar refractivity (Wildman–Crippen MR) is 66.6 cm³/mol. The number of anilines is 1. The van der Waals surface area contributed by atoms with Gasteiger partial charge in [0.25, 0.3) is 0 Å². The number of hydrogen-bond acceptors (Lipinski definition) is 2. The Balaban J connectivity index is 2.97. The number of nitrogens with zero attached hydrogens (tertiary/aromatic N) is 2. The highest BCUT2D eigenvalue weighted by atomic mass is 35.5. The highest BCUT2D eigenvalue weighted by molar-refractivity contribution is 6.18. The van der Waals surface area contributed by atoms with Crippen molar-refractivity contribution in [3.63, 3.8) is 0 Å². The van der Waals surface area contributed by atoms with E-state index in [2.05, 4.69) is 18.8 Å². The van der Waals surface area contributed by atoms with Crippen molar-refractivity contribution in [2.75, 3.05) is 17.3 Å². The van der Waals surface area contributed by atoms with Crippen LogP contribution in [0, 0.1) is 5.82 Å². The largest absolute Gasteiger partial charge is 0.350 e. The molecule has 0 amide bonds. The van der Waals surface area contributed by atoms with Crippen molar-refractivity contribution in [1.29, 1.82) is 0 Å². The first kappa shape index (κ1) is 13.2. The summed E-state index contributed by atoms with van der Waals surface area (Å²) >= 11 is 5.76. The molecule has 0 radical (unpaired) electrons. The van der Waals surface area contributed by atoms with E-state index in [1.807, 2.05) is 4.90 Å². The lowest BCUT2D eigenvalue weighted by molar-refractivity contribution is 0.539. The van der Waals surface area contributed by atoms with E-state index >= 15 is 0 Å². The summed E-state index contributed by atoms with van der Waals surface area (Å²) in [5.74, 6) is 0.614. The minimum Gasteiger partial charge on any atom is -0.350 e. The van der Waals surface area contributed by atoms with Crippen molar-refractivity contribution in [3.8, 4) is 0 Å². The smallest absolute Gasteiger partial charge is 0.165 e. The standard InChI is InChI=1S/C12H18ClFN2/c1-3-10(4-2)16(9-7-13)12-11(14)6-5-8-15-12/h5-6,8,10H,3-4,7,9H2,1-2H3. The zero-order valence-corrected chi connectivity index (χ0v) is 10.5. The van der Waals surface area contributed by atoms with E-state index in [0.29, 0.717) is 24.3 Å². The average Bonchev–Trinajstić information content (AvgIpc) is 2.30. The van der Waals surface area contributed by atoms with E-state index in [1.165, 1.54) is 6.07 Å². The number of aromatic nitrogens is 1. The van der Waals surface area contributed by atoms with Crippen molar-refractivity contribution >= 4 is 17.4 Å². The molecule has 0 bridgehead atoms. The van der Waals surface area contributed by atoms with Gasteiger partial charge in [0.15, 0.2) is 11.6 Å². The topological polar surface area (TPSA) is 16.1 Å². The van der Waals surface area contributed by atoms with E-state index in [-0.39, 0.29) is 5.82 Å². The summed E-state index contributed by atoms with van der Waals surface area (Å²) < 4.78 is 13.6. The highest BCUT2D eigenvalue weighted by Gasteiger charge is 2.19. The molecule has 2 nitrogen and oxygen atoms in total. The number of rotatable bonds is 6. The van der Waals surface area contributed by atoms with E-state index in [4.69, 9.17) is 11.6 Å². The summed E-state index contributed by atoms with van der Waals surface area (Å²) in [6.07, 6.45) is 3.54. The van der Waals surface area contributed by atoms with E-state index < -0.39 is 0 Å². The fourth-order valence-electron chi connectivity index (χ4n) is 1.87. The maximum Gasteiger partial charge on any atom is 0.165 e. The summed E-state index contributed by atoms with van der Waals surface area (Å²) in [7, 11) is 0. The van der Waals surface area contributed by atoms with E-state index in [9.17, 15) is 4.39 Å². The molecule has 90 valence electrons.